The maximum Gasteiger partial charge on any atom is 0.224 e. The summed E-state index contributed by atoms with van der Waals surface area (Å²) >= 11 is 0. The summed E-state index contributed by atoms with van der Waals surface area (Å²) in [6.07, 6.45) is 6.57. The number of carbonyl (C=O) groups excluding carboxylic acids is 1. The summed E-state index contributed by atoms with van der Waals surface area (Å²) in [6, 6.07) is 7.97. The summed E-state index contributed by atoms with van der Waals surface area (Å²) in [5, 5.41) is 6.76. The van der Waals surface area contributed by atoms with Gasteiger partial charge in [-0.05, 0) is 12.1 Å². The SMILES string of the molecule is O=C(CCn1cnc2ccccc21)N1CCc2nc(-c3cn[nH]c3)[nH]c2C1. The van der Waals surface area contributed by atoms with E-state index in [1.54, 1.807) is 12.5 Å². The Balaban J connectivity index is 1.27. The van der Waals surface area contributed by atoms with E-state index in [0.717, 1.165) is 40.2 Å². The zero-order valence-electron chi connectivity index (χ0n) is 14.7. The number of carbonyl (C=O) groups is 1. The number of rotatable bonds is 4. The second-order valence-electron chi connectivity index (χ2n) is 6.74. The van der Waals surface area contributed by atoms with Crippen LogP contribution in [0.3, 0.4) is 0 Å². The summed E-state index contributed by atoms with van der Waals surface area (Å²) in [4.78, 5) is 27.0. The molecule has 136 valence electrons. The van der Waals surface area contributed by atoms with Crippen molar-refractivity contribution >= 4 is 16.9 Å². The van der Waals surface area contributed by atoms with Crippen LogP contribution in [-0.4, -0.2) is 47.1 Å². The smallest absolute Gasteiger partial charge is 0.224 e. The molecule has 0 aliphatic carbocycles. The van der Waals surface area contributed by atoms with Gasteiger partial charge < -0.3 is 14.5 Å². The Morgan fingerprint density at radius 1 is 1.26 bits per heavy atom. The van der Waals surface area contributed by atoms with Crippen molar-refractivity contribution < 1.29 is 4.79 Å². The number of hydrogen-bond acceptors (Lipinski definition) is 4. The monoisotopic (exact) mass is 361 g/mol. The molecule has 0 atom stereocenters. The number of nitrogens with one attached hydrogen (secondary N) is 2. The fraction of sp³-hybridized carbons (Fsp3) is 0.263. The van der Waals surface area contributed by atoms with E-state index < -0.39 is 0 Å². The minimum absolute atomic E-state index is 0.151. The Morgan fingerprint density at radius 2 is 2.19 bits per heavy atom. The molecule has 0 fully saturated rings. The zero-order valence-corrected chi connectivity index (χ0v) is 14.7. The van der Waals surface area contributed by atoms with Crippen molar-refractivity contribution in [2.24, 2.45) is 0 Å². The zero-order chi connectivity index (χ0) is 18.2. The van der Waals surface area contributed by atoms with Crippen LogP contribution in [0.2, 0.25) is 0 Å². The Morgan fingerprint density at radius 3 is 3.07 bits per heavy atom. The van der Waals surface area contributed by atoms with Crippen LogP contribution in [0.1, 0.15) is 17.8 Å². The standard InChI is InChI=1S/C19H19N7O/c27-18(6-8-26-12-20-15-3-1-2-4-17(15)26)25-7-5-14-16(11-25)24-19(23-14)13-9-21-22-10-13/h1-4,9-10,12H,5-8,11H2,(H,21,22)(H,23,24). The fourth-order valence-corrected chi connectivity index (χ4v) is 3.59. The van der Waals surface area contributed by atoms with E-state index in [0.29, 0.717) is 26.1 Å². The predicted molar refractivity (Wildman–Crippen MR) is 99.6 cm³/mol. The van der Waals surface area contributed by atoms with Crippen molar-refractivity contribution in [1.82, 2.24) is 34.6 Å². The van der Waals surface area contributed by atoms with Crippen LogP contribution in [-0.2, 0) is 24.3 Å². The second kappa shape index (κ2) is 6.39. The maximum absolute atomic E-state index is 12.7. The second-order valence-corrected chi connectivity index (χ2v) is 6.74. The lowest BCUT2D eigenvalue weighted by Gasteiger charge is -2.26. The van der Waals surface area contributed by atoms with Crippen molar-refractivity contribution in [3.05, 3.63) is 54.4 Å². The van der Waals surface area contributed by atoms with Crippen LogP contribution in [0.4, 0.5) is 0 Å². The molecule has 4 aromatic rings. The average molecular weight is 361 g/mol. The molecule has 1 aliphatic heterocycles. The van der Waals surface area contributed by atoms with Crippen LogP contribution >= 0.6 is 0 Å². The Bertz CT molecular complexity index is 1090. The highest BCUT2D eigenvalue weighted by Gasteiger charge is 2.24. The van der Waals surface area contributed by atoms with Crippen LogP contribution in [0.15, 0.2) is 43.0 Å². The van der Waals surface area contributed by atoms with Crippen molar-refractivity contribution in [1.29, 1.82) is 0 Å². The lowest BCUT2D eigenvalue weighted by Crippen LogP contribution is -2.36. The Hall–Kier alpha value is -3.42. The number of amides is 1. The minimum atomic E-state index is 0.151. The van der Waals surface area contributed by atoms with E-state index in [2.05, 4.69) is 25.1 Å². The molecule has 0 radical (unpaired) electrons. The molecule has 4 heterocycles. The first-order valence-corrected chi connectivity index (χ1v) is 9.02. The van der Waals surface area contributed by atoms with Crippen molar-refractivity contribution in [2.75, 3.05) is 6.54 Å². The van der Waals surface area contributed by atoms with Gasteiger partial charge in [-0.15, -0.1) is 0 Å². The van der Waals surface area contributed by atoms with Crippen molar-refractivity contribution in [3.63, 3.8) is 0 Å². The van der Waals surface area contributed by atoms with E-state index in [1.807, 2.05) is 39.9 Å². The van der Waals surface area contributed by atoms with E-state index in [1.165, 1.54) is 0 Å². The Labute approximate surface area is 155 Å². The third-order valence-corrected chi connectivity index (χ3v) is 5.05. The lowest BCUT2D eigenvalue weighted by molar-refractivity contribution is -0.132. The van der Waals surface area contributed by atoms with Gasteiger partial charge >= 0.3 is 0 Å². The fourth-order valence-electron chi connectivity index (χ4n) is 3.59. The first-order chi connectivity index (χ1) is 13.3. The van der Waals surface area contributed by atoms with Gasteiger partial charge in [0.2, 0.25) is 5.91 Å². The molecule has 2 N–H and O–H groups in total. The van der Waals surface area contributed by atoms with E-state index in [4.69, 9.17) is 0 Å². The number of aromatic nitrogens is 6. The van der Waals surface area contributed by atoms with E-state index >= 15 is 0 Å². The van der Waals surface area contributed by atoms with Crippen LogP contribution in [0.5, 0.6) is 0 Å². The molecule has 0 saturated carbocycles. The molecule has 1 amide bonds. The highest BCUT2D eigenvalue weighted by atomic mass is 16.2. The van der Waals surface area contributed by atoms with Crippen LogP contribution < -0.4 is 0 Å². The number of para-hydroxylation sites is 2. The molecule has 8 heteroatoms. The van der Waals surface area contributed by atoms with Gasteiger partial charge in [-0.1, -0.05) is 12.1 Å². The third kappa shape index (κ3) is 2.88. The van der Waals surface area contributed by atoms with Gasteiger partial charge in [0.1, 0.15) is 5.82 Å². The van der Waals surface area contributed by atoms with Gasteiger partial charge in [-0.2, -0.15) is 5.10 Å². The third-order valence-electron chi connectivity index (χ3n) is 5.05. The average Bonchev–Trinajstić information content (AvgIpc) is 3.44. The molecular weight excluding hydrogens is 342 g/mol. The molecule has 0 unspecified atom stereocenters. The van der Waals surface area contributed by atoms with Crippen molar-refractivity contribution in [3.8, 4) is 11.4 Å². The summed E-state index contributed by atoms with van der Waals surface area (Å²) < 4.78 is 2.04. The quantitative estimate of drug-likeness (QED) is 0.582. The van der Waals surface area contributed by atoms with Crippen molar-refractivity contribution in [2.45, 2.75) is 25.9 Å². The molecule has 0 spiro atoms. The van der Waals surface area contributed by atoms with Gasteiger partial charge in [-0.3, -0.25) is 9.89 Å². The highest BCUT2D eigenvalue weighted by molar-refractivity contribution is 5.78. The number of aromatic amines is 2. The van der Waals surface area contributed by atoms with Gasteiger partial charge in [0.05, 0.1) is 47.1 Å². The highest BCUT2D eigenvalue weighted by Crippen LogP contribution is 2.22. The summed E-state index contributed by atoms with van der Waals surface area (Å²) in [5.41, 5.74) is 4.99. The van der Waals surface area contributed by atoms with E-state index in [9.17, 15) is 4.79 Å². The van der Waals surface area contributed by atoms with Gasteiger partial charge in [0.15, 0.2) is 0 Å². The first-order valence-electron chi connectivity index (χ1n) is 9.02. The molecular formula is C19H19N7O. The number of fused-ring (bicyclic) bond motifs is 2. The Kier molecular flexibility index (Phi) is 3.74. The number of H-pyrrole nitrogens is 2. The molecule has 0 bridgehead atoms. The number of hydrogen-bond donors (Lipinski definition) is 2. The summed E-state index contributed by atoms with van der Waals surface area (Å²) in [7, 11) is 0. The maximum atomic E-state index is 12.7. The van der Waals surface area contributed by atoms with Crippen LogP contribution in [0.25, 0.3) is 22.4 Å². The molecule has 1 aliphatic rings. The number of imidazole rings is 2. The topological polar surface area (TPSA) is 95.5 Å². The summed E-state index contributed by atoms with van der Waals surface area (Å²) in [5.74, 6) is 0.950. The minimum Gasteiger partial charge on any atom is -0.340 e. The van der Waals surface area contributed by atoms with E-state index in [-0.39, 0.29) is 5.91 Å². The molecule has 8 nitrogen and oxygen atoms in total. The largest absolute Gasteiger partial charge is 0.340 e. The lowest BCUT2D eigenvalue weighted by atomic mass is 10.1. The molecule has 0 saturated heterocycles. The molecule has 3 aromatic heterocycles. The number of aryl methyl sites for hydroxylation is 1. The summed E-state index contributed by atoms with van der Waals surface area (Å²) in [6.45, 7) is 1.90. The first kappa shape index (κ1) is 15.8. The van der Waals surface area contributed by atoms with Gasteiger partial charge in [0, 0.05) is 32.1 Å². The van der Waals surface area contributed by atoms with Gasteiger partial charge in [0.25, 0.3) is 0 Å². The molecule has 1 aromatic carbocycles. The molecule has 27 heavy (non-hydrogen) atoms. The normalized spacial score (nSPS) is 13.9. The molecule has 5 rings (SSSR count). The van der Waals surface area contributed by atoms with Crippen LogP contribution in [0, 0.1) is 0 Å². The number of nitrogens with zero attached hydrogens (tertiary/aromatic N) is 5. The predicted octanol–water partition coefficient (Wildman–Crippen LogP) is 2.12. The van der Waals surface area contributed by atoms with Gasteiger partial charge in [-0.25, -0.2) is 9.97 Å². The number of benzene rings is 1.